The lowest BCUT2D eigenvalue weighted by molar-refractivity contribution is 0.289. The minimum atomic E-state index is 0.205. The molecule has 0 saturated carbocycles. The van der Waals surface area contributed by atoms with Crippen LogP contribution in [0.25, 0.3) is 0 Å². The highest BCUT2D eigenvalue weighted by molar-refractivity contribution is 7.99. The van der Waals surface area contributed by atoms with Crippen LogP contribution in [0.2, 0.25) is 0 Å². The minimum absolute atomic E-state index is 0.205. The average Bonchev–Trinajstić information content (AvgIpc) is 2.43. The summed E-state index contributed by atoms with van der Waals surface area (Å²) in [5.74, 6) is 1.05. The molecule has 2 nitrogen and oxygen atoms in total. The molecule has 21 heavy (non-hydrogen) atoms. The number of benzene rings is 1. The second kappa shape index (κ2) is 8.82. The summed E-state index contributed by atoms with van der Waals surface area (Å²) in [7, 11) is 0. The normalized spacial score (nSPS) is 15.0. The zero-order valence-electron chi connectivity index (χ0n) is 14.1. The minimum Gasteiger partial charge on any atom is -0.396 e. The number of nitrogens with one attached hydrogen (secondary N) is 1. The third-order valence-corrected chi connectivity index (χ3v) is 5.04. The Morgan fingerprint density at radius 3 is 2.29 bits per heavy atom. The molecule has 0 aromatic heterocycles. The molecule has 0 saturated heterocycles. The van der Waals surface area contributed by atoms with E-state index < -0.39 is 0 Å². The van der Waals surface area contributed by atoms with Crippen LogP contribution in [0.15, 0.2) is 24.3 Å². The topological polar surface area (TPSA) is 32.3 Å². The van der Waals surface area contributed by atoms with E-state index in [0.29, 0.717) is 11.3 Å². The van der Waals surface area contributed by atoms with E-state index in [-0.39, 0.29) is 12.0 Å². The summed E-state index contributed by atoms with van der Waals surface area (Å²) >= 11 is 1.93. The highest BCUT2D eigenvalue weighted by Crippen LogP contribution is 2.26. The molecule has 2 N–H and O–H groups in total. The fraction of sp³-hybridized carbons (Fsp3) is 0.667. The van der Waals surface area contributed by atoms with Gasteiger partial charge >= 0.3 is 0 Å². The lowest BCUT2D eigenvalue weighted by Crippen LogP contribution is -2.24. The molecule has 0 spiro atoms. The largest absolute Gasteiger partial charge is 0.396 e. The maximum atomic E-state index is 9.00. The van der Waals surface area contributed by atoms with E-state index in [2.05, 4.69) is 64.2 Å². The predicted octanol–water partition coefficient (Wildman–Crippen LogP) is 4.14. The van der Waals surface area contributed by atoms with Gasteiger partial charge in [-0.1, -0.05) is 58.9 Å². The molecular formula is C18H31NOS. The zero-order valence-corrected chi connectivity index (χ0v) is 15.0. The molecule has 1 aromatic carbocycles. The van der Waals surface area contributed by atoms with Gasteiger partial charge in [-0.25, -0.2) is 0 Å². The van der Waals surface area contributed by atoms with E-state index in [0.717, 1.165) is 18.7 Å². The van der Waals surface area contributed by atoms with Gasteiger partial charge in [-0.2, -0.15) is 11.8 Å². The fourth-order valence-electron chi connectivity index (χ4n) is 2.26. The maximum absolute atomic E-state index is 9.00. The van der Waals surface area contributed by atoms with Gasteiger partial charge in [0.15, 0.2) is 0 Å². The lowest BCUT2D eigenvalue weighted by atomic mass is 9.86. The molecule has 0 bridgehead atoms. The lowest BCUT2D eigenvalue weighted by Gasteiger charge is -2.23. The smallest absolute Gasteiger partial charge is 0.0441 e. The highest BCUT2D eigenvalue weighted by atomic mass is 32.2. The van der Waals surface area contributed by atoms with Gasteiger partial charge in [0.05, 0.1) is 0 Å². The first-order chi connectivity index (χ1) is 9.88. The van der Waals surface area contributed by atoms with Crippen LogP contribution in [-0.4, -0.2) is 29.3 Å². The van der Waals surface area contributed by atoms with Crippen LogP contribution in [0.1, 0.15) is 58.2 Å². The molecule has 0 aliphatic carbocycles. The van der Waals surface area contributed by atoms with Gasteiger partial charge in [0.25, 0.3) is 0 Å². The van der Waals surface area contributed by atoms with Gasteiger partial charge < -0.3 is 10.4 Å². The van der Waals surface area contributed by atoms with Crippen molar-refractivity contribution in [3.05, 3.63) is 35.4 Å². The molecule has 0 radical (unpaired) electrons. The van der Waals surface area contributed by atoms with E-state index in [1.807, 2.05) is 11.8 Å². The maximum Gasteiger partial charge on any atom is 0.0441 e. The highest BCUT2D eigenvalue weighted by Gasteiger charge is 2.16. The van der Waals surface area contributed by atoms with Gasteiger partial charge in [0.2, 0.25) is 0 Å². The van der Waals surface area contributed by atoms with Crippen molar-refractivity contribution in [1.82, 2.24) is 5.32 Å². The van der Waals surface area contributed by atoms with Crippen LogP contribution in [0, 0.1) is 0 Å². The summed E-state index contributed by atoms with van der Waals surface area (Å²) in [6, 6.07) is 9.40. The molecule has 2 unspecified atom stereocenters. The van der Waals surface area contributed by atoms with E-state index in [1.165, 1.54) is 11.1 Å². The van der Waals surface area contributed by atoms with Crippen LogP contribution in [0.3, 0.4) is 0 Å². The quantitative estimate of drug-likeness (QED) is 0.757. The molecule has 0 aliphatic rings. The standard InChI is InChI=1S/C18H31NOS/c1-6-19-17(13-21-14(2)11-12-20)15-7-9-16(10-8-15)18(3,4)5/h7-10,14,17,19-20H,6,11-13H2,1-5H3. The molecule has 0 fully saturated rings. The van der Waals surface area contributed by atoms with Crippen molar-refractivity contribution >= 4 is 11.8 Å². The van der Waals surface area contributed by atoms with Crippen molar-refractivity contribution in [1.29, 1.82) is 0 Å². The van der Waals surface area contributed by atoms with Crippen molar-refractivity contribution in [3.63, 3.8) is 0 Å². The third kappa shape index (κ3) is 6.41. The summed E-state index contributed by atoms with van der Waals surface area (Å²) < 4.78 is 0. The third-order valence-electron chi connectivity index (χ3n) is 3.71. The number of aliphatic hydroxyl groups excluding tert-OH is 1. The first-order valence-electron chi connectivity index (χ1n) is 7.94. The molecular weight excluding hydrogens is 278 g/mol. The molecule has 1 rings (SSSR count). The summed E-state index contributed by atoms with van der Waals surface area (Å²) in [6.07, 6.45) is 0.868. The van der Waals surface area contributed by atoms with Crippen molar-refractivity contribution in [2.24, 2.45) is 0 Å². The van der Waals surface area contributed by atoms with Gasteiger partial charge in [-0.3, -0.25) is 0 Å². The number of aliphatic hydroxyl groups is 1. The van der Waals surface area contributed by atoms with Gasteiger partial charge in [0, 0.05) is 23.7 Å². The number of thioether (sulfide) groups is 1. The van der Waals surface area contributed by atoms with Gasteiger partial charge in [0.1, 0.15) is 0 Å². The Kier molecular flexibility index (Phi) is 7.78. The van der Waals surface area contributed by atoms with Crippen LogP contribution in [0.5, 0.6) is 0 Å². The molecule has 0 heterocycles. The monoisotopic (exact) mass is 309 g/mol. The van der Waals surface area contributed by atoms with Gasteiger partial charge in [-0.15, -0.1) is 0 Å². The Balaban J connectivity index is 2.71. The van der Waals surface area contributed by atoms with Crippen LogP contribution in [0.4, 0.5) is 0 Å². The Labute approximate surface area is 134 Å². The molecule has 2 atom stereocenters. The Morgan fingerprint density at radius 1 is 1.19 bits per heavy atom. The first-order valence-corrected chi connectivity index (χ1v) is 8.99. The van der Waals surface area contributed by atoms with Crippen LogP contribution < -0.4 is 5.32 Å². The zero-order chi connectivity index (χ0) is 15.9. The summed E-state index contributed by atoms with van der Waals surface area (Å²) in [4.78, 5) is 0. The molecule has 120 valence electrons. The second-order valence-electron chi connectivity index (χ2n) is 6.64. The molecule has 1 aromatic rings. The summed E-state index contributed by atoms with van der Waals surface area (Å²) in [6.45, 7) is 12.3. The van der Waals surface area contributed by atoms with Crippen molar-refractivity contribution < 1.29 is 5.11 Å². The van der Waals surface area contributed by atoms with Crippen molar-refractivity contribution in [3.8, 4) is 0 Å². The van der Waals surface area contributed by atoms with Gasteiger partial charge in [-0.05, 0) is 29.5 Å². The van der Waals surface area contributed by atoms with E-state index in [1.54, 1.807) is 0 Å². The molecule has 0 aliphatic heterocycles. The summed E-state index contributed by atoms with van der Waals surface area (Å²) in [5.41, 5.74) is 2.94. The summed E-state index contributed by atoms with van der Waals surface area (Å²) in [5, 5.41) is 13.1. The van der Waals surface area contributed by atoms with E-state index >= 15 is 0 Å². The predicted molar refractivity (Wildman–Crippen MR) is 95.2 cm³/mol. The fourth-order valence-corrected chi connectivity index (χ4v) is 3.36. The first kappa shape index (κ1) is 18.5. The second-order valence-corrected chi connectivity index (χ2v) is 8.11. The SMILES string of the molecule is CCNC(CSC(C)CCO)c1ccc(C(C)(C)C)cc1. The van der Waals surface area contributed by atoms with E-state index in [9.17, 15) is 0 Å². The van der Waals surface area contributed by atoms with Crippen molar-refractivity contribution in [2.75, 3.05) is 18.9 Å². The molecule has 3 heteroatoms. The Bertz CT molecular complexity index is 397. The number of rotatable bonds is 8. The number of hydrogen-bond donors (Lipinski definition) is 2. The van der Waals surface area contributed by atoms with E-state index in [4.69, 9.17) is 5.11 Å². The Morgan fingerprint density at radius 2 is 1.81 bits per heavy atom. The van der Waals surface area contributed by atoms with Crippen molar-refractivity contribution in [2.45, 2.75) is 57.7 Å². The number of hydrogen-bond acceptors (Lipinski definition) is 3. The molecule has 0 amide bonds. The Hall–Kier alpha value is -0.510. The van der Waals surface area contributed by atoms with Crippen LogP contribution >= 0.6 is 11.8 Å². The van der Waals surface area contributed by atoms with Crippen LogP contribution in [-0.2, 0) is 5.41 Å². The average molecular weight is 310 g/mol.